The Kier molecular flexibility index (Phi) is 11.4. The summed E-state index contributed by atoms with van der Waals surface area (Å²) in [5.41, 5.74) is -0.264. The minimum absolute atomic E-state index is 0.0286. The lowest BCUT2D eigenvalue weighted by atomic mass is 9.79. The van der Waals surface area contributed by atoms with Crippen LogP contribution in [-0.2, 0) is 5.60 Å². The predicted molar refractivity (Wildman–Crippen MR) is 107 cm³/mol. The van der Waals surface area contributed by atoms with Crippen LogP contribution in [0.4, 0.5) is 0 Å². The monoisotopic (exact) mass is 426 g/mol. The zero-order valence-electron chi connectivity index (χ0n) is 14.8. The van der Waals surface area contributed by atoms with E-state index in [0.717, 1.165) is 5.56 Å². The van der Waals surface area contributed by atoms with Gasteiger partial charge in [0.25, 0.3) is 0 Å². The summed E-state index contributed by atoms with van der Waals surface area (Å²) in [5, 5.41) is 37.1. The molecule has 0 aromatic heterocycles. The van der Waals surface area contributed by atoms with Gasteiger partial charge in [0, 0.05) is 19.8 Å². The number of alkyl halides is 3. The number of rotatable bonds is 13. The summed E-state index contributed by atoms with van der Waals surface area (Å²) >= 11 is 19.7. The molecule has 26 heavy (non-hydrogen) atoms. The summed E-state index contributed by atoms with van der Waals surface area (Å²) in [5.74, 6) is 0. The minimum atomic E-state index is -1.56. The molecule has 1 rings (SSSR count). The van der Waals surface area contributed by atoms with Gasteiger partial charge in [-0.3, -0.25) is 0 Å². The Labute approximate surface area is 170 Å². The Hall–Kier alpha value is -0.0700. The number of aliphatic hydroxyl groups is 4. The molecule has 0 spiro atoms. The van der Waals surface area contributed by atoms with E-state index in [1.54, 1.807) is 12.1 Å². The van der Waals surface area contributed by atoms with Crippen LogP contribution in [0.3, 0.4) is 0 Å². The van der Waals surface area contributed by atoms with Crippen LogP contribution < -0.4 is 0 Å². The van der Waals surface area contributed by atoms with Crippen molar-refractivity contribution in [1.29, 1.82) is 0 Å². The van der Waals surface area contributed by atoms with Crippen molar-refractivity contribution >= 4 is 34.8 Å². The summed E-state index contributed by atoms with van der Waals surface area (Å²) in [6, 6.07) is 7.24. The Morgan fingerprint density at radius 1 is 0.769 bits per heavy atom. The average molecular weight is 428 g/mol. The molecule has 150 valence electrons. The zero-order valence-corrected chi connectivity index (χ0v) is 17.1. The van der Waals surface area contributed by atoms with Gasteiger partial charge in [-0.2, -0.15) is 0 Å². The van der Waals surface area contributed by atoms with Crippen LogP contribution in [0.5, 0.6) is 0 Å². The van der Waals surface area contributed by atoms with E-state index in [1.165, 1.54) is 0 Å². The third kappa shape index (κ3) is 6.23. The van der Waals surface area contributed by atoms with Gasteiger partial charge in [-0.1, -0.05) is 24.3 Å². The maximum atomic E-state index is 11.6. The zero-order chi connectivity index (χ0) is 19.6. The normalized spacial score (nSPS) is 17.5. The maximum absolute atomic E-state index is 11.6. The Balaban J connectivity index is 3.29. The van der Waals surface area contributed by atoms with Crippen molar-refractivity contribution in [3.63, 3.8) is 0 Å². The van der Waals surface area contributed by atoms with E-state index in [2.05, 4.69) is 0 Å². The number of benzene rings is 1. The molecule has 0 radical (unpaired) electrons. The molecule has 3 unspecified atom stereocenters. The second-order valence-electron chi connectivity index (χ2n) is 6.41. The first kappa shape index (κ1) is 24.0. The van der Waals surface area contributed by atoms with Crippen LogP contribution in [-0.4, -0.2) is 51.0 Å². The molecule has 0 heterocycles. The minimum Gasteiger partial charge on any atom is -0.396 e. The fourth-order valence-electron chi connectivity index (χ4n) is 3.08. The summed E-state index contributed by atoms with van der Waals surface area (Å²) < 4.78 is 0. The van der Waals surface area contributed by atoms with E-state index < -0.39 is 21.7 Å². The molecule has 3 atom stereocenters. The highest BCUT2D eigenvalue weighted by atomic mass is 35.5. The van der Waals surface area contributed by atoms with E-state index >= 15 is 0 Å². The van der Waals surface area contributed by atoms with Gasteiger partial charge in [-0.15, -0.1) is 34.8 Å². The number of halogens is 3. The molecule has 0 bridgehead atoms. The first-order chi connectivity index (χ1) is 12.4. The Morgan fingerprint density at radius 2 is 1.23 bits per heavy atom. The van der Waals surface area contributed by atoms with E-state index in [4.69, 9.17) is 50.1 Å². The van der Waals surface area contributed by atoms with Crippen LogP contribution in [0.2, 0.25) is 0 Å². The van der Waals surface area contributed by atoms with Crippen LogP contribution in [0, 0.1) is 0 Å². The fourth-order valence-corrected chi connectivity index (χ4v) is 4.33. The highest BCUT2D eigenvalue weighted by molar-refractivity contribution is 6.25. The molecule has 1 aromatic rings. The first-order valence-corrected chi connectivity index (χ1v) is 10.3. The Morgan fingerprint density at radius 3 is 1.73 bits per heavy atom. The molecule has 0 amide bonds. The van der Waals surface area contributed by atoms with Crippen LogP contribution >= 0.6 is 34.8 Å². The number of aliphatic hydroxyl groups excluding tert-OH is 3. The van der Waals surface area contributed by atoms with Crippen molar-refractivity contribution in [3.8, 4) is 0 Å². The lowest BCUT2D eigenvalue weighted by Crippen LogP contribution is -2.45. The van der Waals surface area contributed by atoms with Gasteiger partial charge in [0.15, 0.2) is 0 Å². The van der Waals surface area contributed by atoms with Crippen LogP contribution in [0.25, 0.3) is 0 Å². The van der Waals surface area contributed by atoms with Gasteiger partial charge in [-0.25, -0.2) is 0 Å². The summed E-state index contributed by atoms with van der Waals surface area (Å²) in [7, 11) is 0. The van der Waals surface area contributed by atoms with E-state index in [0.29, 0.717) is 44.1 Å². The summed E-state index contributed by atoms with van der Waals surface area (Å²) in [4.78, 5) is 0. The van der Waals surface area contributed by atoms with Crippen molar-refractivity contribution < 1.29 is 20.4 Å². The quantitative estimate of drug-likeness (QED) is 0.362. The van der Waals surface area contributed by atoms with E-state index in [9.17, 15) is 5.11 Å². The predicted octanol–water partition coefficient (Wildman–Crippen LogP) is 3.69. The van der Waals surface area contributed by atoms with Crippen LogP contribution in [0.15, 0.2) is 24.3 Å². The highest BCUT2D eigenvalue weighted by Crippen LogP contribution is 2.43. The lowest BCUT2D eigenvalue weighted by Gasteiger charge is -2.39. The Bertz CT molecular complexity index is 501. The topological polar surface area (TPSA) is 80.9 Å². The third-order valence-corrected chi connectivity index (χ3v) is 6.09. The number of hydrogen-bond donors (Lipinski definition) is 4. The fraction of sp³-hybridized carbons (Fsp3) is 0.684. The largest absolute Gasteiger partial charge is 0.396 e. The molecule has 0 fully saturated rings. The highest BCUT2D eigenvalue weighted by Gasteiger charge is 2.45. The smallest absolute Gasteiger partial charge is 0.122 e. The van der Waals surface area contributed by atoms with Gasteiger partial charge < -0.3 is 20.4 Å². The molecular weight excluding hydrogens is 399 g/mol. The first-order valence-electron chi connectivity index (χ1n) is 9.00. The molecule has 0 aliphatic carbocycles. The second-order valence-corrected chi connectivity index (χ2v) is 7.99. The molecule has 0 saturated carbocycles. The molecule has 0 aliphatic heterocycles. The van der Waals surface area contributed by atoms with Crippen molar-refractivity contribution in [2.75, 3.05) is 19.8 Å². The summed E-state index contributed by atoms with van der Waals surface area (Å²) in [6.07, 6.45) is 2.75. The van der Waals surface area contributed by atoms with Gasteiger partial charge in [-0.05, 0) is 49.7 Å². The molecule has 4 nitrogen and oxygen atoms in total. The average Bonchev–Trinajstić information content (AvgIpc) is 2.67. The van der Waals surface area contributed by atoms with Crippen LogP contribution in [0.1, 0.15) is 55.0 Å². The van der Waals surface area contributed by atoms with Gasteiger partial charge in [0.05, 0.1) is 16.1 Å². The maximum Gasteiger partial charge on any atom is 0.122 e. The van der Waals surface area contributed by atoms with E-state index in [-0.39, 0.29) is 19.8 Å². The van der Waals surface area contributed by atoms with Crippen molar-refractivity contribution in [3.05, 3.63) is 35.4 Å². The molecular formula is C19H29Cl3O4. The molecule has 4 N–H and O–H groups in total. The molecule has 7 heteroatoms. The standard InChI is InChI=1S/C19H29Cl3O4/c20-16(8-3-11-23)14-6-1-2-7-15(14)19(26,17(21)9-4-12-24)18(22)10-5-13-25/h1-2,6-7,16-18,23-26H,3-5,8-13H2. The SMILES string of the molecule is OCCCC(Cl)c1ccccc1C(O)(C(Cl)CCCO)C(Cl)CCCO. The second kappa shape index (κ2) is 12.4. The van der Waals surface area contributed by atoms with Crippen molar-refractivity contribution in [1.82, 2.24) is 0 Å². The lowest BCUT2D eigenvalue weighted by molar-refractivity contribution is 0.0190. The van der Waals surface area contributed by atoms with Gasteiger partial charge in [0.1, 0.15) is 5.60 Å². The molecule has 0 saturated heterocycles. The third-order valence-electron chi connectivity index (χ3n) is 4.53. The summed E-state index contributed by atoms with van der Waals surface area (Å²) in [6.45, 7) is -0.0166. The van der Waals surface area contributed by atoms with Crippen molar-refractivity contribution in [2.45, 2.75) is 60.3 Å². The van der Waals surface area contributed by atoms with Gasteiger partial charge in [0.2, 0.25) is 0 Å². The van der Waals surface area contributed by atoms with Gasteiger partial charge >= 0.3 is 0 Å². The molecule has 0 aliphatic rings. The number of hydrogen-bond acceptors (Lipinski definition) is 4. The van der Waals surface area contributed by atoms with E-state index in [1.807, 2.05) is 12.1 Å². The molecule has 1 aromatic carbocycles. The van der Waals surface area contributed by atoms with Crippen molar-refractivity contribution in [2.24, 2.45) is 0 Å².